The van der Waals surface area contributed by atoms with Gasteiger partial charge in [0, 0.05) is 11.4 Å². The third kappa shape index (κ3) is 3.45. The zero-order valence-electron chi connectivity index (χ0n) is 9.66. The van der Waals surface area contributed by atoms with E-state index in [1.54, 1.807) is 17.8 Å². The number of ether oxygens (including phenoxy) is 1. The molecule has 0 unspecified atom stereocenters. The van der Waals surface area contributed by atoms with Crippen molar-refractivity contribution in [3.8, 4) is 0 Å². The fourth-order valence-corrected chi connectivity index (χ4v) is 1.87. The summed E-state index contributed by atoms with van der Waals surface area (Å²) in [6.45, 7) is 4.37. The minimum Gasteiger partial charge on any atom is -0.461 e. The summed E-state index contributed by atoms with van der Waals surface area (Å²) in [5, 5.41) is 0. The molecule has 0 saturated heterocycles. The molecule has 0 atom stereocenters. The molecule has 2 N–H and O–H groups in total. The predicted octanol–water partition coefficient (Wildman–Crippen LogP) is 2.49. The van der Waals surface area contributed by atoms with Crippen molar-refractivity contribution in [3.63, 3.8) is 0 Å². The summed E-state index contributed by atoms with van der Waals surface area (Å²) in [5.74, 6) is 1.53. The third-order valence-corrected chi connectivity index (χ3v) is 3.04. The molecule has 0 heterocycles. The van der Waals surface area contributed by atoms with Crippen LogP contribution in [-0.2, 0) is 4.74 Å². The van der Waals surface area contributed by atoms with Crippen molar-refractivity contribution in [2.75, 3.05) is 23.8 Å². The number of hydrogen-bond donors (Lipinski definition) is 1. The Morgan fingerprint density at radius 3 is 2.88 bits per heavy atom. The second-order valence-corrected chi connectivity index (χ2v) is 4.77. The zero-order valence-corrected chi connectivity index (χ0v) is 10.5. The maximum atomic E-state index is 11.7. The van der Waals surface area contributed by atoms with Crippen LogP contribution in [0.25, 0.3) is 0 Å². The van der Waals surface area contributed by atoms with Crippen LogP contribution >= 0.6 is 11.8 Å². The van der Waals surface area contributed by atoms with Gasteiger partial charge in [-0.05, 0) is 24.3 Å². The molecular formula is C12H17NO2S. The van der Waals surface area contributed by atoms with Crippen molar-refractivity contribution in [2.45, 2.75) is 13.8 Å². The highest BCUT2D eigenvalue weighted by atomic mass is 32.2. The smallest absolute Gasteiger partial charge is 0.340 e. The fourth-order valence-electron chi connectivity index (χ4n) is 1.38. The molecule has 1 aromatic rings. The monoisotopic (exact) mass is 239 g/mol. The predicted molar refractivity (Wildman–Crippen MR) is 68.9 cm³/mol. The van der Waals surface area contributed by atoms with E-state index in [1.165, 1.54) is 0 Å². The Morgan fingerprint density at radius 2 is 2.25 bits per heavy atom. The highest BCUT2D eigenvalue weighted by molar-refractivity contribution is 7.99. The molecule has 0 aromatic heterocycles. The quantitative estimate of drug-likeness (QED) is 0.487. The van der Waals surface area contributed by atoms with Crippen molar-refractivity contribution in [1.82, 2.24) is 0 Å². The van der Waals surface area contributed by atoms with Gasteiger partial charge in [0.1, 0.15) is 6.61 Å². The van der Waals surface area contributed by atoms with Gasteiger partial charge >= 0.3 is 5.97 Å². The van der Waals surface area contributed by atoms with Gasteiger partial charge in [-0.1, -0.05) is 19.1 Å². The average Bonchev–Trinajstić information content (AvgIpc) is 2.24. The summed E-state index contributed by atoms with van der Waals surface area (Å²) >= 11 is 1.75. The molecule has 1 aromatic carbocycles. The maximum absolute atomic E-state index is 11.7. The number of nitrogens with two attached hydrogens (primary N) is 1. The number of benzene rings is 1. The molecule has 0 radical (unpaired) electrons. The van der Waals surface area contributed by atoms with Gasteiger partial charge in [-0.2, -0.15) is 11.8 Å². The largest absolute Gasteiger partial charge is 0.461 e. The first-order valence-electron chi connectivity index (χ1n) is 5.26. The number of hydrogen-bond acceptors (Lipinski definition) is 4. The van der Waals surface area contributed by atoms with Crippen LogP contribution in [0.15, 0.2) is 18.2 Å². The maximum Gasteiger partial charge on any atom is 0.340 e. The van der Waals surface area contributed by atoms with Crippen LogP contribution in [0.4, 0.5) is 5.69 Å². The number of thioether (sulfide) groups is 1. The molecule has 88 valence electrons. The van der Waals surface area contributed by atoms with E-state index in [0.717, 1.165) is 17.1 Å². The van der Waals surface area contributed by atoms with Gasteiger partial charge < -0.3 is 10.5 Å². The van der Waals surface area contributed by atoms with Crippen molar-refractivity contribution < 1.29 is 9.53 Å². The molecule has 0 aliphatic carbocycles. The first kappa shape index (κ1) is 12.9. The second kappa shape index (κ2) is 6.43. The Hall–Kier alpha value is -1.16. The van der Waals surface area contributed by atoms with Crippen LogP contribution < -0.4 is 5.73 Å². The normalized spacial score (nSPS) is 10.1. The van der Waals surface area contributed by atoms with Gasteiger partial charge in [-0.3, -0.25) is 0 Å². The molecule has 0 aliphatic heterocycles. The van der Waals surface area contributed by atoms with Crippen LogP contribution in [0.1, 0.15) is 22.8 Å². The topological polar surface area (TPSA) is 52.3 Å². The molecule has 0 saturated carbocycles. The molecule has 4 heteroatoms. The molecular weight excluding hydrogens is 222 g/mol. The Morgan fingerprint density at radius 1 is 1.50 bits per heavy atom. The average molecular weight is 239 g/mol. The summed E-state index contributed by atoms with van der Waals surface area (Å²) in [7, 11) is 0. The number of esters is 1. The lowest BCUT2D eigenvalue weighted by atomic mass is 10.1. The first-order chi connectivity index (χ1) is 7.66. The minimum atomic E-state index is -0.327. The first-order valence-corrected chi connectivity index (χ1v) is 6.42. The van der Waals surface area contributed by atoms with Crippen LogP contribution in [0.5, 0.6) is 0 Å². The van der Waals surface area contributed by atoms with E-state index in [2.05, 4.69) is 6.92 Å². The molecule has 1 rings (SSSR count). The standard InChI is InChI=1S/C12H17NO2S/c1-3-16-8-7-15-12(14)11-9(2)5-4-6-10(11)13/h4-6H,3,7-8,13H2,1-2H3. The van der Waals surface area contributed by atoms with Crippen LogP contribution in [0, 0.1) is 6.92 Å². The van der Waals surface area contributed by atoms with E-state index in [4.69, 9.17) is 10.5 Å². The van der Waals surface area contributed by atoms with Crippen LogP contribution in [0.3, 0.4) is 0 Å². The van der Waals surface area contributed by atoms with E-state index in [0.29, 0.717) is 17.9 Å². The molecule has 0 aliphatic rings. The SMILES string of the molecule is CCSCCOC(=O)c1c(C)cccc1N. The van der Waals surface area contributed by atoms with E-state index in [9.17, 15) is 4.79 Å². The highest BCUT2D eigenvalue weighted by Gasteiger charge is 2.13. The Bertz CT molecular complexity index is 346. The van der Waals surface area contributed by atoms with E-state index in [1.807, 2.05) is 19.1 Å². The highest BCUT2D eigenvalue weighted by Crippen LogP contribution is 2.17. The summed E-state index contributed by atoms with van der Waals surface area (Å²) in [6, 6.07) is 5.40. The third-order valence-electron chi connectivity index (χ3n) is 2.17. The van der Waals surface area contributed by atoms with Crippen molar-refractivity contribution in [1.29, 1.82) is 0 Å². The van der Waals surface area contributed by atoms with E-state index in [-0.39, 0.29) is 5.97 Å². The van der Waals surface area contributed by atoms with Gasteiger partial charge in [0.05, 0.1) is 5.56 Å². The molecule has 0 spiro atoms. The summed E-state index contributed by atoms with van der Waals surface area (Å²) in [4.78, 5) is 11.7. The number of nitrogen functional groups attached to an aromatic ring is 1. The number of carbonyl (C=O) groups is 1. The van der Waals surface area contributed by atoms with E-state index >= 15 is 0 Å². The second-order valence-electron chi connectivity index (χ2n) is 3.37. The molecule has 16 heavy (non-hydrogen) atoms. The summed E-state index contributed by atoms with van der Waals surface area (Å²) in [6.07, 6.45) is 0. The van der Waals surface area contributed by atoms with Crippen LogP contribution in [-0.4, -0.2) is 24.1 Å². The van der Waals surface area contributed by atoms with Crippen molar-refractivity contribution in [2.24, 2.45) is 0 Å². The number of carbonyl (C=O) groups excluding carboxylic acids is 1. The Kier molecular flexibility index (Phi) is 5.19. The zero-order chi connectivity index (χ0) is 12.0. The van der Waals surface area contributed by atoms with Gasteiger partial charge in [-0.25, -0.2) is 4.79 Å². The van der Waals surface area contributed by atoms with Gasteiger partial charge in [0.15, 0.2) is 0 Å². The lowest BCUT2D eigenvalue weighted by molar-refractivity contribution is 0.0531. The number of anilines is 1. The van der Waals surface area contributed by atoms with Gasteiger partial charge in [0.25, 0.3) is 0 Å². The van der Waals surface area contributed by atoms with Crippen molar-refractivity contribution >= 4 is 23.4 Å². The van der Waals surface area contributed by atoms with Crippen LogP contribution in [0.2, 0.25) is 0 Å². The fraction of sp³-hybridized carbons (Fsp3) is 0.417. The Labute approximate surface area is 100 Å². The summed E-state index contributed by atoms with van der Waals surface area (Å²) < 4.78 is 5.15. The molecule has 0 fully saturated rings. The minimum absolute atomic E-state index is 0.327. The lowest BCUT2D eigenvalue weighted by Crippen LogP contribution is -2.12. The Balaban J connectivity index is 2.59. The number of aryl methyl sites for hydroxylation is 1. The van der Waals surface area contributed by atoms with Gasteiger partial charge in [0.2, 0.25) is 0 Å². The molecule has 3 nitrogen and oxygen atoms in total. The van der Waals surface area contributed by atoms with Gasteiger partial charge in [-0.15, -0.1) is 0 Å². The van der Waals surface area contributed by atoms with E-state index < -0.39 is 0 Å². The lowest BCUT2D eigenvalue weighted by Gasteiger charge is -2.09. The van der Waals surface area contributed by atoms with Crippen molar-refractivity contribution in [3.05, 3.63) is 29.3 Å². The number of rotatable bonds is 5. The molecule has 0 amide bonds. The summed E-state index contributed by atoms with van der Waals surface area (Å²) in [5.41, 5.74) is 7.57. The molecule has 0 bridgehead atoms.